The fourth-order valence-electron chi connectivity index (χ4n) is 2.01. The van der Waals surface area contributed by atoms with Crippen molar-refractivity contribution in [2.45, 2.75) is 26.8 Å². The highest BCUT2D eigenvalue weighted by Crippen LogP contribution is 2.11. The van der Waals surface area contributed by atoms with Crippen LogP contribution in [0.2, 0.25) is 0 Å². The molecule has 0 saturated carbocycles. The SMILES string of the molecule is [B]c1cc2nc(C(=O)OC)cc(C(/C=C\C)=NC(C)C)n2n1. The van der Waals surface area contributed by atoms with Crippen LogP contribution >= 0.6 is 0 Å². The summed E-state index contributed by atoms with van der Waals surface area (Å²) >= 11 is 0. The maximum absolute atomic E-state index is 11.8. The normalized spacial score (nSPS) is 12.5. The van der Waals surface area contributed by atoms with Gasteiger partial charge in [-0.1, -0.05) is 6.08 Å². The first-order valence-corrected chi connectivity index (χ1v) is 6.91. The predicted molar refractivity (Wildman–Crippen MR) is 86.2 cm³/mol. The summed E-state index contributed by atoms with van der Waals surface area (Å²) in [6.07, 6.45) is 3.73. The van der Waals surface area contributed by atoms with Gasteiger partial charge in [-0.2, -0.15) is 5.10 Å². The minimum absolute atomic E-state index is 0.0869. The van der Waals surface area contributed by atoms with Gasteiger partial charge in [0.1, 0.15) is 7.85 Å². The van der Waals surface area contributed by atoms with Gasteiger partial charge in [0.2, 0.25) is 0 Å². The van der Waals surface area contributed by atoms with Gasteiger partial charge in [0, 0.05) is 11.6 Å². The maximum Gasteiger partial charge on any atom is 0.356 e. The van der Waals surface area contributed by atoms with Gasteiger partial charge in [-0.15, -0.1) is 0 Å². The summed E-state index contributed by atoms with van der Waals surface area (Å²) < 4.78 is 6.32. The van der Waals surface area contributed by atoms with Gasteiger partial charge in [0.15, 0.2) is 11.3 Å². The highest BCUT2D eigenvalue weighted by molar-refractivity contribution is 6.31. The molecule has 0 N–H and O–H groups in total. The number of fused-ring (bicyclic) bond motifs is 1. The summed E-state index contributed by atoms with van der Waals surface area (Å²) in [6, 6.07) is 3.29. The number of carbonyl (C=O) groups is 1. The summed E-state index contributed by atoms with van der Waals surface area (Å²) in [5, 5.41) is 4.21. The highest BCUT2D eigenvalue weighted by Gasteiger charge is 2.16. The van der Waals surface area contributed by atoms with Gasteiger partial charge in [0.05, 0.1) is 18.5 Å². The number of carbonyl (C=O) groups excluding carboxylic acids is 1. The molecule has 0 atom stereocenters. The average molecular weight is 296 g/mol. The molecule has 0 spiro atoms. The van der Waals surface area contributed by atoms with E-state index < -0.39 is 5.97 Å². The summed E-state index contributed by atoms with van der Waals surface area (Å²) in [5.74, 6) is -0.520. The first-order chi connectivity index (χ1) is 10.5. The van der Waals surface area contributed by atoms with Gasteiger partial charge in [-0.25, -0.2) is 14.3 Å². The third kappa shape index (κ3) is 3.24. The Hall–Kier alpha value is -2.44. The molecule has 0 aliphatic carbocycles. The molecule has 0 unspecified atom stereocenters. The van der Waals surface area contributed by atoms with Crippen LogP contribution in [0.4, 0.5) is 0 Å². The molecule has 0 bridgehead atoms. The second-order valence-electron chi connectivity index (χ2n) is 4.97. The molecule has 7 heteroatoms. The third-order valence-corrected chi connectivity index (χ3v) is 2.82. The molecule has 0 aromatic carbocycles. The highest BCUT2D eigenvalue weighted by atomic mass is 16.5. The Morgan fingerprint density at radius 1 is 1.45 bits per heavy atom. The molecule has 2 heterocycles. The Morgan fingerprint density at radius 3 is 2.77 bits per heavy atom. The van der Waals surface area contributed by atoms with Crippen LogP contribution in [0.3, 0.4) is 0 Å². The number of nitrogens with zero attached hydrogens (tertiary/aromatic N) is 4. The Bertz CT molecular complexity index is 762. The second-order valence-corrected chi connectivity index (χ2v) is 4.97. The third-order valence-electron chi connectivity index (χ3n) is 2.82. The van der Waals surface area contributed by atoms with E-state index in [0.29, 0.717) is 22.6 Å². The smallest absolute Gasteiger partial charge is 0.356 e. The first kappa shape index (κ1) is 15.9. The van der Waals surface area contributed by atoms with Crippen molar-refractivity contribution >= 4 is 30.8 Å². The molecular formula is C15H17BN4O2. The topological polar surface area (TPSA) is 68.8 Å². The molecule has 2 aromatic heterocycles. The van der Waals surface area contributed by atoms with Crippen molar-refractivity contribution in [3.05, 3.63) is 35.7 Å². The number of allylic oxidation sites excluding steroid dienone is 2. The summed E-state index contributed by atoms with van der Waals surface area (Å²) in [6.45, 7) is 5.84. The van der Waals surface area contributed by atoms with E-state index in [2.05, 4.69) is 15.1 Å². The van der Waals surface area contributed by atoms with Crippen LogP contribution in [0.1, 0.15) is 37.0 Å². The van der Waals surface area contributed by atoms with Crippen molar-refractivity contribution in [1.29, 1.82) is 0 Å². The van der Waals surface area contributed by atoms with Crippen molar-refractivity contribution in [2.75, 3.05) is 7.11 Å². The zero-order valence-corrected chi connectivity index (χ0v) is 13.1. The number of methoxy groups -OCH3 is 1. The van der Waals surface area contributed by atoms with E-state index in [-0.39, 0.29) is 11.7 Å². The fraction of sp³-hybridized carbons (Fsp3) is 0.333. The maximum atomic E-state index is 11.8. The standard InChI is InChI=1S/C15H17BN4O2/c1-5-6-10(17-9(2)3)12-7-11(15(21)22-4)18-14-8-13(16)19-20(12)14/h5-9H,1-4H3/b6-5-,17-10?. The van der Waals surface area contributed by atoms with E-state index >= 15 is 0 Å². The molecule has 6 nitrogen and oxygen atoms in total. The molecule has 0 fully saturated rings. The number of hydrogen-bond donors (Lipinski definition) is 0. The lowest BCUT2D eigenvalue weighted by Gasteiger charge is -2.09. The van der Waals surface area contributed by atoms with Crippen LogP contribution in [0.15, 0.2) is 29.3 Å². The predicted octanol–water partition coefficient (Wildman–Crippen LogP) is 1.08. The number of aliphatic imine (C=N–C) groups is 1. The van der Waals surface area contributed by atoms with Gasteiger partial charge >= 0.3 is 5.97 Å². The van der Waals surface area contributed by atoms with E-state index in [4.69, 9.17) is 12.6 Å². The molecule has 0 saturated heterocycles. The number of rotatable bonds is 4. The number of hydrogen-bond acceptors (Lipinski definition) is 5. The quantitative estimate of drug-likeness (QED) is 0.481. The zero-order chi connectivity index (χ0) is 16.3. The average Bonchev–Trinajstić information content (AvgIpc) is 2.84. The molecule has 0 aliphatic rings. The lowest BCUT2D eigenvalue weighted by molar-refractivity contribution is 0.0594. The summed E-state index contributed by atoms with van der Waals surface area (Å²) in [5.41, 5.74) is 2.30. The first-order valence-electron chi connectivity index (χ1n) is 6.91. The second kappa shape index (κ2) is 6.55. The van der Waals surface area contributed by atoms with Crippen LogP contribution in [-0.2, 0) is 4.74 Å². The van der Waals surface area contributed by atoms with Crippen molar-refractivity contribution in [1.82, 2.24) is 14.6 Å². The van der Waals surface area contributed by atoms with Crippen LogP contribution in [-0.4, -0.2) is 47.3 Å². The Kier molecular flexibility index (Phi) is 4.75. The van der Waals surface area contributed by atoms with Crippen molar-refractivity contribution < 1.29 is 9.53 Å². The lowest BCUT2D eigenvalue weighted by atomic mass is 10.1. The molecule has 0 aliphatic heterocycles. The lowest BCUT2D eigenvalue weighted by Crippen LogP contribution is -2.15. The number of esters is 1. The van der Waals surface area contributed by atoms with Gasteiger partial charge in [-0.05, 0) is 39.0 Å². The minimum atomic E-state index is -0.520. The molecule has 0 amide bonds. The largest absolute Gasteiger partial charge is 0.464 e. The minimum Gasteiger partial charge on any atom is -0.464 e. The van der Waals surface area contributed by atoms with Crippen LogP contribution in [0, 0.1) is 0 Å². The molecule has 2 radical (unpaired) electrons. The Labute approximate surface area is 130 Å². The van der Waals surface area contributed by atoms with Gasteiger partial charge in [0.25, 0.3) is 0 Å². The molecule has 2 aromatic rings. The number of aromatic nitrogens is 3. The van der Waals surface area contributed by atoms with E-state index in [1.54, 1.807) is 16.6 Å². The Balaban J connectivity index is 2.76. The number of ether oxygens (including phenoxy) is 1. The molecule has 112 valence electrons. The summed E-state index contributed by atoms with van der Waals surface area (Å²) in [4.78, 5) is 20.6. The van der Waals surface area contributed by atoms with Crippen molar-refractivity contribution in [3.8, 4) is 0 Å². The molecular weight excluding hydrogens is 279 g/mol. The van der Waals surface area contributed by atoms with E-state index in [0.717, 1.165) is 0 Å². The summed E-state index contributed by atoms with van der Waals surface area (Å²) in [7, 11) is 7.06. The fourth-order valence-corrected chi connectivity index (χ4v) is 2.01. The molecule has 2 rings (SSSR count). The van der Waals surface area contributed by atoms with Gasteiger partial charge in [-0.3, -0.25) is 4.99 Å². The van der Waals surface area contributed by atoms with E-state index in [9.17, 15) is 4.79 Å². The Morgan fingerprint density at radius 2 is 2.18 bits per heavy atom. The monoisotopic (exact) mass is 296 g/mol. The van der Waals surface area contributed by atoms with Crippen LogP contribution < -0.4 is 5.59 Å². The van der Waals surface area contributed by atoms with E-state index in [1.165, 1.54) is 7.11 Å². The van der Waals surface area contributed by atoms with Crippen molar-refractivity contribution in [2.24, 2.45) is 4.99 Å². The van der Waals surface area contributed by atoms with Gasteiger partial charge < -0.3 is 4.74 Å². The molecule has 22 heavy (non-hydrogen) atoms. The zero-order valence-electron chi connectivity index (χ0n) is 13.1. The van der Waals surface area contributed by atoms with Crippen LogP contribution in [0.5, 0.6) is 0 Å². The van der Waals surface area contributed by atoms with Crippen LogP contribution in [0.25, 0.3) is 5.65 Å². The van der Waals surface area contributed by atoms with E-state index in [1.807, 2.05) is 32.9 Å². The van der Waals surface area contributed by atoms with Crippen molar-refractivity contribution in [3.63, 3.8) is 0 Å².